The van der Waals surface area contributed by atoms with Crippen LogP contribution < -0.4 is 5.32 Å². The molecule has 0 aliphatic rings. The van der Waals surface area contributed by atoms with Crippen LogP contribution in [0, 0.1) is 5.92 Å². The fourth-order valence-corrected chi connectivity index (χ4v) is 1.12. The Hall–Kier alpha value is -1.10. The van der Waals surface area contributed by atoms with Crippen LogP contribution >= 0.6 is 0 Å². The van der Waals surface area contributed by atoms with Crippen molar-refractivity contribution in [2.45, 2.75) is 33.1 Å². The third-order valence-electron chi connectivity index (χ3n) is 2.05. The molecule has 0 heterocycles. The van der Waals surface area contributed by atoms with Gasteiger partial charge in [0.15, 0.2) is 0 Å². The minimum Gasteiger partial charge on any atom is -0.481 e. The maximum atomic E-state index is 11.2. The number of hydrogen-bond donors (Lipinski definition) is 2. The molecule has 0 aromatic carbocycles. The molecule has 0 fully saturated rings. The van der Waals surface area contributed by atoms with E-state index in [0.29, 0.717) is 13.2 Å². The lowest BCUT2D eigenvalue weighted by Gasteiger charge is -2.10. The number of carbonyl (C=O) groups excluding carboxylic acids is 1. The van der Waals surface area contributed by atoms with E-state index in [-0.39, 0.29) is 24.9 Å². The molecule has 0 rings (SSSR count). The molecule has 94 valence electrons. The third-order valence-corrected chi connectivity index (χ3v) is 2.05. The van der Waals surface area contributed by atoms with Crippen LogP contribution in [0.1, 0.15) is 33.1 Å². The van der Waals surface area contributed by atoms with Gasteiger partial charge >= 0.3 is 5.97 Å². The second-order valence-electron chi connectivity index (χ2n) is 3.91. The van der Waals surface area contributed by atoms with Crippen molar-refractivity contribution in [2.24, 2.45) is 5.92 Å². The Bertz CT molecular complexity index is 218. The molecule has 0 saturated carbocycles. The molecule has 0 saturated heterocycles. The smallest absolute Gasteiger partial charge is 0.303 e. The molecule has 16 heavy (non-hydrogen) atoms. The maximum Gasteiger partial charge on any atom is 0.303 e. The molecule has 0 bridgehead atoms. The molecule has 0 aliphatic heterocycles. The Morgan fingerprint density at radius 2 is 2.12 bits per heavy atom. The van der Waals surface area contributed by atoms with Gasteiger partial charge in [0.2, 0.25) is 5.91 Å². The van der Waals surface area contributed by atoms with E-state index in [1.54, 1.807) is 6.92 Å². The number of amides is 1. The van der Waals surface area contributed by atoms with Crippen LogP contribution in [0.15, 0.2) is 0 Å². The molecular formula is C11H21NO4. The van der Waals surface area contributed by atoms with Crippen LogP contribution in [0.2, 0.25) is 0 Å². The van der Waals surface area contributed by atoms with Gasteiger partial charge in [-0.2, -0.15) is 0 Å². The highest BCUT2D eigenvalue weighted by atomic mass is 16.5. The van der Waals surface area contributed by atoms with E-state index < -0.39 is 5.97 Å². The number of unbranched alkanes of at least 4 members (excludes halogenated alkanes) is 1. The quantitative estimate of drug-likeness (QED) is 0.581. The first-order valence-corrected chi connectivity index (χ1v) is 5.62. The van der Waals surface area contributed by atoms with Crippen LogP contribution in [-0.2, 0) is 14.3 Å². The number of carboxylic acid groups (broad SMARTS) is 1. The Morgan fingerprint density at radius 1 is 1.44 bits per heavy atom. The predicted octanol–water partition coefficient (Wildman–Crippen LogP) is 1.03. The van der Waals surface area contributed by atoms with Crippen molar-refractivity contribution in [2.75, 3.05) is 19.8 Å². The molecule has 0 aliphatic carbocycles. The van der Waals surface area contributed by atoms with Gasteiger partial charge in [0.1, 0.15) is 6.61 Å². The fourth-order valence-electron chi connectivity index (χ4n) is 1.12. The minimum atomic E-state index is -0.846. The molecule has 0 aromatic rings. The first-order chi connectivity index (χ1) is 7.56. The zero-order valence-electron chi connectivity index (χ0n) is 9.99. The number of carbonyl (C=O) groups is 2. The summed E-state index contributed by atoms with van der Waals surface area (Å²) in [6, 6.07) is 0. The maximum absolute atomic E-state index is 11.2. The Balaban J connectivity index is 3.45. The summed E-state index contributed by atoms with van der Waals surface area (Å²) in [6.45, 7) is 4.86. The highest BCUT2D eigenvalue weighted by Gasteiger charge is 2.09. The van der Waals surface area contributed by atoms with Crippen molar-refractivity contribution in [3.8, 4) is 0 Å². The average Bonchev–Trinajstić information content (AvgIpc) is 2.20. The van der Waals surface area contributed by atoms with Crippen molar-refractivity contribution in [1.82, 2.24) is 5.32 Å². The van der Waals surface area contributed by atoms with Crippen molar-refractivity contribution in [3.63, 3.8) is 0 Å². The van der Waals surface area contributed by atoms with Crippen LogP contribution in [0.5, 0.6) is 0 Å². The van der Waals surface area contributed by atoms with E-state index in [0.717, 1.165) is 12.8 Å². The summed E-state index contributed by atoms with van der Waals surface area (Å²) >= 11 is 0. The third kappa shape index (κ3) is 9.45. The zero-order valence-corrected chi connectivity index (χ0v) is 9.99. The molecule has 2 N–H and O–H groups in total. The largest absolute Gasteiger partial charge is 0.481 e. The lowest BCUT2D eigenvalue weighted by molar-refractivity contribution is -0.138. The first-order valence-electron chi connectivity index (χ1n) is 5.62. The van der Waals surface area contributed by atoms with E-state index >= 15 is 0 Å². The first kappa shape index (κ1) is 14.9. The average molecular weight is 231 g/mol. The highest BCUT2D eigenvalue weighted by molar-refractivity contribution is 5.77. The van der Waals surface area contributed by atoms with E-state index in [4.69, 9.17) is 9.84 Å². The standard InChI is InChI=1S/C11H21NO4/c1-3-4-5-16-8-10(13)12-7-9(2)6-11(14)15/h9H,3-8H2,1-2H3,(H,12,13)(H,14,15). The second-order valence-corrected chi connectivity index (χ2v) is 3.91. The Kier molecular flexibility index (Phi) is 8.52. The van der Waals surface area contributed by atoms with E-state index in [9.17, 15) is 9.59 Å². The van der Waals surface area contributed by atoms with E-state index in [2.05, 4.69) is 12.2 Å². The normalized spacial score (nSPS) is 12.1. The second kappa shape index (κ2) is 9.15. The molecule has 0 aromatic heterocycles. The number of aliphatic carboxylic acids is 1. The van der Waals surface area contributed by atoms with Crippen molar-refractivity contribution in [3.05, 3.63) is 0 Å². The number of carboxylic acids is 1. The summed E-state index contributed by atoms with van der Waals surface area (Å²) in [7, 11) is 0. The lowest BCUT2D eigenvalue weighted by Crippen LogP contribution is -2.32. The number of hydrogen-bond acceptors (Lipinski definition) is 3. The van der Waals surface area contributed by atoms with Gasteiger partial charge in [-0.25, -0.2) is 0 Å². The molecule has 0 radical (unpaired) electrons. The fraction of sp³-hybridized carbons (Fsp3) is 0.818. The van der Waals surface area contributed by atoms with Gasteiger partial charge in [0.05, 0.1) is 0 Å². The van der Waals surface area contributed by atoms with Crippen LogP contribution in [0.25, 0.3) is 0 Å². The van der Waals surface area contributed by atoms with Gasteiger partial charge in [0.25, 0.3) is 0 Å². The van der Waals surface area contributed by atoms with Crippen LogP contribution in [-0.4, -0.2) is 36.7 Å². The summed E-state index contributed by atoms with van der Waals surface area (Å²) in [5.74, 6) is -1.09. The molecule has 1 amide bonds. The zero-order chi connectivity index (χ0) is 12.4. The molecule has 5 heteroatoms. The summed E-state index contributed by atoms with van der Waals surface area (Å²) in [5, 5.41) is 11.1. The molecule has 0 spiro atoms. The van der Waals surface area contributed by atoms with E-state index in [1.165, 1.54) is 0 Å². The summed E-state index contributed by atoms with van der Waals surface area (Å²) in [4.78, 5) is 21.6. The lowest BCUT2D eigenvalue weighted by atomic mass is 10.1. The van der Waals surface area contributed by atoms with Gasteiger partial charge < -0.3 is 15.2 Å². The topological polar surface area (TPSA) is 75.6 Å². The monoisotopic (exact) mass is 231 g/mol. The van der Waals surface area contributed by atoms with Crippen molar-refractivity contribution in [1.29, 1.82) is 0 Å². The summed E-state index contributed by atoms with van der Waals surface area (Å²) in [6.07, 6.45) is 2.05. The Morgan fingerprint density at radius 3 is 2.69 bits per heavy atom. The van der Waals surface area contributed by atoms with Crippen molar-refractivity contribution < 1.29 is 19.4 Å². The van der Waals surface area contributed by atoms with Gasteiger partial charge in [-0.05, 0) is 12.3 Å². The summed E-state index contributed by atoms with van der Waals surface area (Å²) < 4.78 is 5.12. The van der Waals surface area contributed by atoms with E-state index in [1.807, 2.05) is 0 Å². The molecule has 1 unspecified atom stereocenters. The Labute approximate surface area is 96.2 Å². The highest BCUT2D eigenvalue weighted by Crippen LogP contribution is 1.99. The molecular weight excluding hydrogens is 210 g/mol. The SMILES string of the molecule is CCCCOCC(=O)NCC(C)CC(=O)O. The molecule has 5 nitrogen and oxygen atoms in total. The van der Waals surface area contributed by atoms with Gasteiger partial charge in [-0.3, -0.25) is 9.59 Å². The number of rotatable bonds is 9. The van der Waals surface area contributed by atoms with Gasteiger partial charge in [-0.15, -0.1) is 0 Å². The molecule has 1 atom stereocenters. The van der Waals surface area contributed by atoms with Crippen LogP contribution in [0.4, 0.5) is 0 Å². The van der Waals surface area contributed by atoms with Crippen LogP contribution in [0.3, 0.4) is 0 Å². The summed E-state index contributed by atoms with van der Waals surface area (Å²) in [5.41, 5.74) is 0. The van der Waals surface area contributed by atoms with Crippen molar-refractivity contribution >= 4 is 11.9 Å². The van der Waals surface area contributed by atoms with Gasteiger partial charge in [0, 0.05) is 19.6 Å². The van der Waals surface area contributed by atoms with Gasteiger partial charge in [-0.1, -0.05) is 20.3 Å². The minimum absolute atomic E-state index is 0.0553. The number of nitrogens with one attached hydrogen (secondary N) is 1. The number of ether oxygens (including phenoxy) is 1. The predicted molar refractivity (Wildman–Crippen MR) is 60.2 cm³/mol.